The molecule has 6 heteroatoms. The third kappa shape index (κ3) is 4.92. The molecule has 25 heavy (non-hydrogen) atoms. The van der Waals surface area contributed by atoms with Crippen molar-refractivity contribution >= 4 is 25.5 Å². The van der Waals surface area contributed by atoms with E-state index in [1.54, 1.807) is 0 Å². The Balaban J connectivity index is 1.70. The first kappa shape index (κ1) is 18.6. The molecule has 0 aliphatic heterocycles. The standard InChI is InChI=1S/C19H26BClN2O2/c20-19(10-4-9-16(24)12-19)23-18(25)22-17(13-5-1-2-6-13)14-7-3-8-15(21)11-14/h3,7-8,11,13,16-17,24H,1-2,4-6,9-10,12H2,(H2,22,23,25)/t16-,17?,19+/m1/s1. The van der Waals surface area contributed by atoms with E-state index in [0.29, 0.717) is 23.8 Å². The molecule has 0 bridgehead atoms. The van der Waals surface area contributed by atoms with Crippen LogP contribution in [0.3, 0.4) is 0 Å². The molecule has 1 unspecified atom stereocenters. The van der Waals surface area contributed by atoms with Crippen molar-refractivity contribution in [1.82, 2.24) is 10.6 Å². The highest BCUT2D eigenvalue weighted by Crippen LogP contribution is 2.36. The van der Waals surface area contributed by atoms with Crippen LogP contribution < -0.4 is 10.6 Å². The number of benzene rings is 1. The number of aliphatic hydroxyl groups excluding tert-OH is 1. The Morgan fingerprint density at radius 1 is 1.28 bits per heavy atom. The molecular weight excluding hydrogens is 334 g/mol. The van der Waals surface area contributed by atoms with Crippen LogP contribution in [0.2, 0.25) is 5.02 Å². The van der Waals surface area contributed by atoms with Gasteiger partial charge in [-0.15, -0.1) is 0 Å². The fraction of sp³-hybridized carbons (Fsp3) is 0.632. The lowest BCUT2D eigenvalue weighted by Crippen LogP contribution is -2.56. The van der Waals surface area contributed by atoms with E-state index < -0.39 is 11.5 Å². The second kappa shape index (κ2) is 8.00. The number of hydrogen-bond acceptors (Lipinski definition) is 2. The van der Waals surface area contributed by atoms with Gasteiger partial charge in [-0.3, -0.25) is 0 Å². The van der Waals surface area contributed by atoms with E-state index in [-0.39, 0.29) is 12.1 Å². The highest BCUT2D eigenvalue weighted by atomic mass is 35.5. The van der Waals surface area contributed by atoms with E-state index in [1.807, 2.05) is 24.3 Å². The maximum Gasteiger partial charge on any atom is 0.315 e. The normalized spacial score (nSPS) is 28.5. The van der Waals surface area contributed by atoms with Gasteiger partial charge in [-0.25, -0.2) is 4.79 Å². The number of aliphatic hydroxyl groups is 1. The lowest BCUT2D eigenvalue weighted by molar-refractivity contribution is 0.102. The fourth-order valence-corrected chi connectivity index (χ4v) is 4.46. The van der Waals surface area contributed by atoms with Crippen LogP contribution in [0.15, 0.2) is 24.3 Å². The fourth-order valence-electron chi connectivity index (χ4n) is 4.26. The Labute approximate surface area is 156 Å². The Morgan fingerprint density at radius 2 is 2.04 bits per heavy atom. The van der Waals surface area contributed by atoms with Gasteiger partial charge in [0.15, 0.2) is 0 Å². The average molecular weight is 361 g/mol. The molecule has 2 aliphatic carbocycles. The smallest absolute Gasteiger partial charge is 0.315 e. The Bertz CT molecular complexity index is 609. The van der Waals surface area contributed by atoms with Crippen molar-refractivity contribution in [3.63, 3.8) is 0 Å². The maximum atomic E-state index is 12.6. The van der Waals surface area contributed by atoms with Crippen molar-refractivity contribution in [3.8, 4) is 0 Å². The molecule has 3 rings (SSSR count). The van der Waals surface area contributed by atoms with Crippen LogP contribution in [-0.2, 0) is 0 Å². The molecule has 2 radical (unpaired) electrons. The van der Waals surface area contributed by atoms with E-state index in [1.165, 1.54) is 12.8 Å². The lowest BCUT2D eigenvalue weighted by Gasteiger charge is -2.38. The topological polar surface area (TPSA) is 61.4 Å². The molecule has 0 saturated heterocycles. The summed E-state index contributed by atoms with van der Waals surface area (Å²) in [5, 5.41) is 16.5. The van der Waals surface area contributed by atoms with E-state index in [4.69, 9.17) is 19.4 Å². The van der Waals surface area contributed by atoms with Gasteiger partial charge in [0, 0.05) is 10.5 Å². The summed E-state index contributed by atoms with van der Waals surface area (Å²) in [5.74, 6) is 0.412. The van der Waals surface area contributed by atoms with Crippen molar-refractivity contribution in [3.05, 3.63) is 34.9 Å². The van der Waals surface area contributed by atoms with E-state index in [0.717, 1.165) is 31.2 Å². The summed E-state index contributed by atoms with van der Waals surface area (Å²) in [4.78, 5) is 12.6. The Kier molecular flexibility index (Phi) is 5.95. The molecule has 1 aromatic rings. The quantitative estimate of drug-likeness (QED) is 0.717. The van der Waals surface area contributed by atoms with Gasteiger partial charge in [-0.1, -0.05) is 36.6 Å². The Hall–Kier alpha value is -1.20. The molecule has 134 valence electrons. The second-order valence-corrected chi connectivity index (χ2v) is 8.02. The van der Waals surface area contributed by atoms with Gasteiger partial charge in [0.2, 0.25) is 0 Å². The predicted octanol–water partition coefficient (Wildman–Crippen LogP) is 3.67. The largest absolute Gasteiger partial charge is 0.393 e. The van der Waals surface area contributed by atoms with Crippen LogP contribution >= 0.6 is 11.6 Å². The SMILES string of the molecule is [B][C@]1(NC(=O)NC(c2cccc(Cl)c2)C2CCCC2)CCC[C@@H](O)C1. The van der Waals surface area contributed by atoms with Gasteiger partial charge in [0.05, 0.1) is 12.1 Å². The number of halogens is 1. The van der Waals surface area contributed by atoms with Gasteiger partial charge in [-0.2, -0.15) is 0 Å². The highest BCUT2D eigenvalue weighted by molar-refractivity contribution is 6.30. The number of carbonyl (C=O) groups is 1. The molecule has 3 N–H and O–H groups in total. The third-order valence-corrected chi connectivity index (χ3v) is 5.72. The average Bonchev–Trinajstić information content (AvgIpc) is 3.06. The van der Waals surface area contributed by atoms with Crippen molar-refractivity contribution in [1.29, 1.82) is 0 Å². The molecule has 2 aliphatic rings. The summed E-state index contributed by atoms with van der Waals surface area (Å²) >= 11 is 6.15. The first-order chi connectivity index (χ1) is 12.0. The van der Waals surface area contributed by atoms with Gasteiger partial charge >= 0.3 is 6.03 Å². The van der Waals surface area contributed by atoms with Gasteiger partial charge in [0.25, 0.3) is 0 Å². The van der Waals surface area contributed by atoms with Crippen molar-refractivity contribution < 1.29 is 9.90 Å². The van der Waals surface area contributed by atoms with E-state index in [2.05, 4.69) is 10.6 Å². The summed E-state index contributed by atoms with van der Waals surface area (Å²) in [6.45, 7) is 0. The molecule has 4 nitrogen and oxygen atoms in total. The van der Waals surface area contributed by atoms with Crippen LogP contribution in [-0.4, -0.2) is 30.5 Å². The first-order valence-corrected chi connectivity index (χ1v) is 9.64. The number of urea groups is 1. The van der Waals surface area contributed by atoms with Crippen LogP contribution in [0.25, 0.3) is 0 Å². The van der Waals surface area contributed by atoms with E-state index >= 15 is 0 Å². The number of amides is 2. The molecule has 2 fully saturated rings. The number of carbonyl (C=O) groups excluding carboxylic acids is 1. The summed E-state index contributed by atoms with van der Waals surface area (Å²) in [7, 11) is 6.29. The zero-order valence-corrected chi connectivity index (χ0v) is 15.3. The molecule has 2 amide bonds. The van der Waals surface area contributed by atoms with Crippen LogP contribution in [0.1, 0.15) is 63.0 Å². The minimum atomic E-state index is -0.837. The third-order valence-electron chi connectivity index (χ3n) is 5.49. The molecule has 0 heterocycles. The van der Waals surface area contributed by atoms with E-state index in [9.17, 15) is 9.90 Å². The number of hydrogen-bond donors (Lipinski definition) is 3. The monoisotopic (exact) mass is 360 g/mol. The summed E-state index contributed by atoms with van der Waals surface area (Å²) in [6, 6.07) is 7.35. The molecule has 0 aromatic heterocycles. The molecule has 0 spiro atoms. The molecular formula is C19H26BClN2O2. The van der Waals surface area contributed by atoms with Crippen LogP contribution in [0, 0.1) is 5.92 Å². The minimum absolute atomic E-state index is 0.0710. The zero-order valence-electron chi connectivity index (χ0n) is 14.5. The van der Waals surface area contributed by atoms with Gasteiger partial charge in [0.1, 0.15) is 7.85 Å². The van der Waals surface area contributed by atoms with Gasteiger partial charge in [-0.05, 0) is 62.1 Å². The summed E-state index contributed by atoms with van der Waals surface area (Å²) < 4.78 is 0. The van der Waals surface area contributed by atoms with Crippen molar-refractivity contribution in [2.24, 2.45) is 5.92 Å². The minimum Gasteiger partial charge on any atom is -0.393 e. The number of nitrogens with one attached hydrogen (secondary N) is 2. The molecule has 3 atom stereocenters. The van der Waals surface area contributed by atoms with Crippen LogP contribution in [0.4, 0.5) is 4.79 Å². The number of rotatable bonds is 4. The van der Waals surface area contributed by atoms with Crippen LogP contribution in [0.5, 0.6) is 0 Å². The first-order valence-electron chi connectivity index (χ1n) is 9.26. The predicted molar refractivity (Wildman–Crippen MR) is 101 cm³/mol. The molecule has 2 saturated carbocycles. The second-order valence-electron chi connectivity index (χ2n) is 7.58. The summed E-state index contributed by atoms with van der Waals surface area (Å²) in [5.41, 5.74) is 0.195. The molecule has 1 aromatic carbocycles. The van der Waals surface area contributed by atoms with Crippen molar-refractivity contribution in [2.75, 3.05) is 0 Å². The summed E-state index contributed by atoms with van der Waals surface area (Å²) in [6.07, 6.45) is 6.78. The van der Waals surface area contributed by atoms with Gasteiger partial charge < -0.3 is 15.7 Å². The zero-order chi connectivity index (χ0) is 17.9. The lowest BCUT2D eigenvalue weighted by atomic mass is 9.66. The van der Waals surface area contributed by atoms with Crippen molar-refractivity contribution in [2.45, 2.75) is 69.0 Å². The maximum absolute atomic E-state index is 12.6. The highest BCUT2D eigenvalue weighted by Gasteiger charge is 2.34. The Morgan fingerprint density at radius 3 is 2.72 bits per heavy atom.